The van der Waals surface area contributed by atoms with Gasteiger partial charge in [-0.05, 0) is 47.6 Å². The molecule has 0 radical (unpaired) electrons. The largest absolute Gasteiger partial charge is 0.433 e. The second kappa shape index (κ2) is 15.9. The number of ether oxygens (including phenoxy) is 3. The van der Waals surface area contributed by atoms with Crippen LogP contribution < -0.4 is 4.90 Å². The second-order valence-corrected chi connectivity index (χ2v) is 12.5. The Bertz CT molecular complexity index is 1460. The highest BCUT2D eigenvalue weighted by Gasteiger charge is 2.40. The molecule has 0 bridgehead atoms. The first-order valence-corrected chi connectivity index (χ1v) is 16.4. The maximum atomic E-state index is 13.4. The van der Waals surface area contributed by atoms with Crippen LogP contribution in [-0.4, -0.2) is 60.9 Å². The number of aromatic nitrogens is 1. The normalized spacial score (nSPS) is 22.3. The Kier molecular flexibility index (Phi) is 11.2. The Hall–Kier alpha value is -3.76. The molecule has 2 aliphatic rings. The lowest BCUT2D eigenvalue weighted by Gasteiger charge is -2.45. The molecule has 0 N–H and O–H groups in total. The molecule has 2 aliphatic heterocycles. The number of hydrogen-bond acceptors (Lipinski definition) is 6. The Morgan fingerprint density at radius 3 is 1.70 bits per heavy atom. The van der Waals surface area contributed by atoms with Crippen molar-refractivity contribution in [3.05, 3.63) is 132 Å². The molecule has 2 saturated heterocycles. The monoisotopic (exact) mass is 645 g/mol. The third kappa shape index (κ3) is 9.41. The minimum Gasteiger partial charge on any atom is -0.369 e. The Labute approximate surface area is 275 Å². The van der Waals surface area contributed by atoms with E-state index in [2.05, 4.69) is 46.3 Å². The van der Waals surface area contributed by atoms with Gasteiger partial charge in [-0.3, -0.25) is 4.90 Å². The molecule has 47 heavy (non-hydrogen) atoms. The summed E-state index contributed by atoms with van der Waals surface area (Å²) >= 11 is 0. The first-order chi connectivity index (χ1) is 22.9. The van der Waals surface area contributed by atoms with E-state index in [9.17, 15) is 13.2 Å². The number of nitrogens with zero attached hydrogens (tertiary/aromatic N) is 3. The molecule has 0 amide bonds. The molecule has 1 aromatic heterocycles. The second-order valence-electron chi connectivity index (χ2n) is 12.5. The summed E-state index contributed by atoms with van der Waals surface area (Å²) in [6.07, 6.45) is -3.39. The fourth-order valence-electron chi connectivity index (χ4n) is 6.56. The molecule has 4 atom stereocenters. The maximum Gasteiger partial charge on any atom is 0.433 e. The third-order valence-corrected chi connectivity index (χ3v) is 8.89. The van der Waals surface area contributed by atoms with E-state index >= 15 is 0 Å². The first kappa shape index (κ1) is 33.2. The Balaban J connectivity index is 1.19. The van der Waals surface area contributed by atoms with Gasteiger partial charge in [0.2, 0.25) is 0 Å². The molecule has 248 valence electrons. The van der Waals surface area contributed by atoms with Crippen molar-refractivity contribution in [2.24, 2.45) is 5.92 Å². The van der Waals surface area contributed by atoms with Gasteiger partial charge in [0.05, 0.1) is 32.0 Å². The van der Waals surface area contributed by atoms with Gasteiger partial charge in [-0.1, -0.05) is 97.1 Å². The van der Waals surface area contributed by atoms with Gasteiger partial charge >= 0.3 is 6.18 Å². The highest BCUT2D eigenvalue weighted by atomic mass is 19.4. The van der Waals surface area contributed by atoms with Crippen LogP contribution in [0.3, 0.4) is 0 Å². The molecule has 0 aliphatic carbocycles. The molecule has 3 heterocycles. The van der Waals surface area contributed by atoms with Crippen LogP contribution in [0, 0.1) is 5.92 Å². The Morgan fingerprint density at radius 1 is 0.638 bits per heavy atom. The van der Waals surface area contributed by atoms with E-state index in [4.69, 9.17) is 14.2 Å². The summed E-state index contributed by atoms with van der Waals surface area (Å²) < 4.78 is 60.1. The molecular formula is C38H42F3N3O3. The van der Waals surface area contributed by atoms with Crippen LogP contribution in [-0.2, 0) is 40.2 Å². The van der Waals surface area contributed by atoms with Crippen LogP contribution in [0.5, 0.6) is 0 Å². The van der Waals surface area contributed by atoms with Crippen molar-refractivity contribution >= 4 is 5.82 Å². The van der Waals surface area contributed by atoms with Gasteiger partial charge < -0.3 is 19.1 Å². The van der Waals surface area contributed by atoms with E-state index in [1.807, 2.05) is 59.5 Å². The van der Waals surface area contributed by atoms with Crippen molar-refractivity contribution in [2.45, 2.75) is 57.2 Å². The number of likely N-dealkylation sites (tertiary alicyclic amines) is 1. The standard InChI is InChI=1S/C38H42F3N3O3/c39-38(40,41)35-19-10-20-36(42-35)44-21-11-18-32(23-44)22-43-24-33(45-26-29-12-4-1-5-13-29)37(47-28-31-16-8-3-9-17-31)34(25-43)46-27-30-14-6-2-7-15-30/h1-10,12-17,19-20,32-34,37H,11,18,21-28H2/t32-,33-,34+,37?/m0/s1. The number of anilines is 1. The molecule has 0 saturated carbocycles. The van der Waals surface area contributed by atoms with E-state index in [-0.39, 0.29) is 24.2 Å². The van der Waals surface area contributed by atoms with E-state index in [1.165, 1.54) is 6.07 Å². The lowest BCUT2D eigenvalue weighted by atomic mass is 9.94. The number of alkyl halides is 3. The molecule has 4 aromatic rings. The zero-order chi connectivity index (χ0) is 32.5. The smallest absolute Gasteiger partial charge is 0.369 e. The van der Waals surface area contributed by atoms with Crippen molar-refractivity contribution in [3.8, 4) is 0 Å². The van der Waals surface area contributed by atoms with Gasteiger partial charge in [-0.15, -0.1) is 0 Å². The van der Waals surface area contributed by atoms with Crippen LogP contribution >= 0.6 is 0 Å². The summed E-state index contributed by atoms with van der Waals surface area (Å²) in [7, 11) is 0. The highest BCUT2D eigenvalue weighted by molar-refractivity contribution is 5.40. The van der Waals surface area contributed by atoms with E-state index in [0.29, 0.717) is 51.8 Å². The maximum absolute atomic E-state index is 13.4. The molecule has 6 nitrogen and oxygen atoms in total. The van der Waals surface area contributed by atoms with Crippen LogP contribution in [0.15, 0.2) is 109 Å². The van der Waals surface area contributed by atoms with E-state index in [0.717, 1.165) is 42.1 Å². The molecule has 0 spiro atoms. The third-order valence-electron chi connectivity index (χ3n) is 8.89. The van der Waals surface area contributed by atoms with Crippen LogP contribution in [0.4, 0.5) is 19.0 Å². The zero-order valence-corrected chi connectivity index (χ0v) is 26.5. The summed E-state index contributed by atoms with van der Waals surface area (Å²) in [4.78, 5) is 8.35. The van der Waals surface area contributed by atoms with Crippen molar-refractivity contribution < 1.29 is 27.4 Å². The molecule has 9 heteroatoms. The quantitative estimate of drug-likeness (QED) is 0.160. The average Bonchev–Trinajstić information content (AvgIpc) is 3.10. The van der Waals surface area contributed by atoms with Crippen molar-refractivity contribution in [1.29, 1.82) is 0 Å². The summed E-state index contributed by atoms with van der Waals surface area (Å²) in [5.74, 6) is 0.636. The predicted octanol–water partition coefficient (Wildman–Crippen LogP) is 7.39. The molecule has 6 rings (SSSR count). The fraction of sp³-hybridized carbons (Fsp3) is 0.395. The number of benzene rings is 3. The van der Waals surface area contributed by atoms with Crippen molar-refractivity contribution in [2.75, 3.05) is 37.6 Å². The lowest BCUT2D eigenvalue weighted by Crippen LogP contribution is -2.59. The molecule has 2 fully saturated rings. The molecule has 3 aromatic carbocycles. The summed E-state index contributed by atoms with van der Waals surface area (Å²) in [5.41, 5.74) is 2.41. The highest BCUT2D eigenvalue weighted by Crippen LogP contribution is 2.31. The number of pyridine rings is 1. The van der Waals surface area contributed by atoms with Gasteiger partial charge in [0.15, 0.2) is 0 Å². The van der Waals surface area contributed by atoms with E-state index < -0.39 is 11.9 Å². The average molecular weight is 646 g/mol. The summed E-state index contributed by atoms with van der Waals surface area (Å²) in [6, 6.07) is 34.5. The first-order valence-electron chi connectivity index (χ1n) is 16.4. The molecular weight excluding hydrogens is 603 g/mol. The number of hydrogen-bond donors (Lipinski definition) is 0. The SMILES string of the molecule is FC(F)(F)c1cccc(N2CCC[C@@H](CN3C[C@H](OCc4ccccc4)C(OCc4ccccc4)[C@H](OCc4ccccc4)C3)C2)n1. The number of piperidine rings is 2. The molecule has 1 unspecified atom stereocenters. The van der Waals surface area contributed by atoms with Crippen LogP contribution in [0.1, 0.15) is 35.2 Å². The lowest BCUT2D eigenvalue weighted by molar-refractivity contribution is -0.185. The number of halogens is 3. The van der Waals surface area contributed by atoms with Gasteiger partial charge in [0.1, 0.15) is 17.6 Å². The topological polar surface area (TPSA) is 47.1 Å². The van der Waals surface area contributed by atoms with E-state index in [1.54, 1.807) is 6.07 Å². The van der Waals surface area contributed by atoms with Gasteiger partial charge in [0.25, 0.3) is 0 Å². The van der Waals surface area contributed by atoms with Crippen LogP contribution in [0.2, 0.25) is 0 Å². The van der Waals surface area contributed by atoms with Crippen LogP contribution in [0.25, 0.3) is 0 Å². The minimum atomic E-state index is -4.47. The van der Waals surface area contributed by atoms with Crippen molar-refractivity contribution in [1.82, 2.24) is 9.88 Å². The Morgan fingerprint density at radius 2 is 1.17 bits per heavy atom. The minimum absolute atomic E-state index is 0.252. The fourth-order valence-corrected chi connectivity index (χ4v) is 6.56. The summed E-state index contributed by atoms with van der Waals surface area (Å²) in [6.45, 7) is 4.78. The van der Waals surface area contributed by atoms with Crippen molar-refractivity contribution in [3.63, 3.8) is 0 Å². The predicted molar refractivity (Wildman–Crippen MR) is 176 cm³/mol. The summed E-state index contributed by atoms with van der Waals surface area (Å²) in [5, 5.41) is 0. The van der Waals surface area contributed by atoms with Gasteiger partial charge in [-0.2, -0.15) is 13.2 Å². The van der Waals surface area contributed by atoms with Gasteiger partial charge in [-0.25, -0.2) is 4.98 Å². The van der Waals surface area contributed by atoms with Gasteiger partial charge in [0, 0.05) is 32.7 Å². The zero-order valence-electron chi connectivity index (χ0n) is 26.5. The number of rotatable bonds is 12.